The van der Waals surface area contributed by atoms with E-state index >= 15 is 0 Å². The molecular weight excluding hydrogens is 308 g/mol. The summed E-state index contributed by atoms with van der Waals surface area (Å²) in [5.41, 5.74) is 0.829. The van der Waals surface area contributed by atoms with Gasteiger partial charge in [-0.15, -0.1) is 0 Å². The van der Waals surface area contributed by atoms with Gasteiger partial charge in [-0.25, -0.2) is 13.2 Å². The van der Waals surface area contributed by atoms with Gasteiger partial charge in [-0.1, -0.05) is 0 Å². The highest BCUT2D eigenvalue weighted by Gasteiger charge is 2.32. The van der Waals surface area contributed by atoms with Gasteiger partial charge in [0.1, 0.15) is 0 Å². The van der Waals surface area contributed by atoms with Gasteiger partial charge in [-0.2, -0.15) is 4.31 Å². The normalized spacial score (nSPS) is 24.0. The first kappa shape index (κ1) is 15.3. The largest absolute Gasteiger partial charge is 0.419 e. The van der Waals surface area contributed by atoms with Crippen LogP contribution in [0.5, 0.6) is 0 Å². The molecule has 1 aromatic heterocycles. The number of rotatable bonds is 2. The standard InChI is InChI=1S/C14H18N2O5S/c1-9-7-16(8-10(2)20-9)22(18,19)11-4-5-13-12(6-11)15(3)14(17)21-13/h4-6,9-10H,7-8H2,1-3H3. The van der Waals surface area contributed by atoms with Gasteiger partial charge in [0.05, 0.1) is 22.6 Å². The lowest BCUT2D eigenvalue weighted by atomic mass is 10.3. The summed E-state index contributed by atoms with van der Waals surface area (Å²) in [7, 11) is -2.09. The molecule has 1 aliphatic rings. The lowest BCUT2D eigenvalue weighted by Gasteiger charge is -2.34. The van der Waals surface area contributed by atoms with Crippen molar-refractivity contribution in [3.8, 4) is 0 Å². The van der Waals surface area contributed by atoms with Crippen LogP contribution in [-0.4, -0.2) is 42.6 Å². The van der Waals surface area contributed by atoms with E-state index in [1.54, 1.807) is 7.05 Å². The van der Waals surface area contributed by atoms with Crippen LogP contribution in [0.4, 0.5) is 0 Å². The molecule has 0 spiro atoms. The molecule has 1 saturated heterocycles. The molecule has 3 rings (SSSR count). The summed E-state index contributed by atoms with van der Waals surface area (Å²) >= 11 is 0. The van der Waals surface area contributed by atoms with Crippen molar-refractivity contribution in [2.75, 3.05) is 13.1 Å². The molecule has 0 aliphatic carbocycles. The molecule has 0 amide bonds. The molecule has 0 N–H and O–H groups in total. The third-order valence-electron chi connectivity index (χ3n) is 3.79. The van der Waals surface area contributed by atoms with E-state index in [1.165, 1.54) is 27.1 Å². The first-order chi connectivity index (χ1) is 10.3. The lowest BCUT2D eigenvalue weighted by Crippen LogP contribution is -2.48. The van der Waals surface area contributed by atoms with Gasteiger partial charge in [0.2, 0.25) is 10.0 Å². The van der Waals surface area contributed by atoms with Crippen molar-refractivity contribution in [1.29, 1.82) is 0 Å². The van der Waals surface area contributed by atoms with Crippen molar-refractivity contribution >= 4 is 21.1 Å². The van der Waals surface area contributed by atoms with Gasteiger partial charge in [0, 0.05) is 20.1 Å². The summed E-state index contributed by atoms with van der Waals surface area (Å²) in [6, 6.07) is 4.45. The number of fused-ring (bicyclic) bond motifs is 1. The van der Waals surface area contributed by atoms with Gasteiger partial charge in [0.25, 0.3) is 0 Å². The summed E-state index contributed by atoms with van der Waals surface area (Å²) in [6.07, 6.45) is -0.305. The number of ether oxygens (including phenoxy) is 1. The van der Waals surface area contributed by atoms with Crippen LogP contribution in [0.15, 0.2) is 32.3 Å². The third-order valence-corrected chi connectivity index (χ3v) is 5.61. The highest BCUT2D eigenvalue weighted by atomic mass is 32.2. The minimum absolute atomic E-state index is 0.151. The van der Waals surface area contributed by atoms with E-state index in [2.05, 4.69) is 0 Å². The average Bonchev–Trinajstić information content (AvgIpc) is 2.73. The fraction of sp³-hybridized carbons (Fsp3) is 0.500. The molecule has 2 aromatic rings. The van der Waals surface area contributed by atoms with E-state index in [0.29, 0.717) is 24.2 Å². The monoisotopic (exact) mass is 326 g/mol. The smallest absolute Gasteiger partial charge is 0.408 e. The number of aryl methyl sites for hydroxylation is 1. The van der Waals surface area contributed by atoms with Crippen LogP contribution in [0.1, 0.15) is 13.8 Å². The quantitative estimate of drug-likeness (QED) is 0.820. The van der Waals surface area contributed by atoms with Gasteiger partial charge >= 0.3 is 5.76 Å². The van der Waals surface area contributed by atoms with E-state index in [0.717, 1.165) is 0 Å². The van der Waals surface area contributed by atoms with Crippen LogP contribution in [0, 0.1) is 0 Å². The van der Waals surface area contributed by atoms with Gasteiger partial charge in [-0.05, 0) is 32.0 Å². The Morgan fingerprint density at radius 2 is 1.82 bits per heavy atom. The van der Waals surface area contributed by atoms with Gasteiger partial charge in [-0.3, -0.25) is 4.57 Å². The van der Waals surface area contributed by atoms with E-state index in [-0.39, 0.29) is 17.1 Å². The van der Waals surface area contributed by atoms with E-state index in [4.69, 9.17) is 9.15 Å². The van der Waals surface area contributed by atoms with Crippen molar-refractivity contribution in [1.82, 2.24) is 8.87 Å². The molecule has 2 heterocycles. The topological polar surface area (TPSA) is 81.8 Å². The van der Waals surface area contributed by atoms with Gasteiger partial charge in [0.15, 0.2) is 5.58 Å². The Bertz CT molecular complexity index is 857. The van der Waals surface area contributed by atoms with Crippen LogP contribution < -0.4 is 5.76 Å². The minimum Gasteiger partial charge on any atom is -0.408 e. The second kappa shape index (κ2) is 5.22. The van der Waals surface area contributed by atoms with Crippen LogP contribution in [0.2, 0.25) is 0 Å². The second-order valence-corrected chi connectivity index (χ2v) is 7.57. The Hall–Kier alpha value is -1.64. The molecule has 22 heavy (non-hydrogen) atoms. The fourth-order valence-electron chi connectivity index (χ4n) is 2.74. The SMILES string of the molecule is CC1CN(S(=O)(=O)c2ccc3oc(=O)n(C)c3c2)CC(C)O1. The molecule has 1 aromatic carbocycles. The number of nitrogens with zero attached hydrogens (tertiary/aromatic N) is 2. The number of benzene rings is 1. The summed E-state index contributed by atoms with van der Waals surface area (Å²) < 4.78 is 38.9. The van der Waals surface area contributed by atoms with Crippen molar-refractivity contribution < 1.29 is 17.6 Å². The summed E-state index contributed by atoms with van der Waals surface area (Å²) in [5, 5.41) is 0. The predicted molar refractivity (Wildman–Crippen MR) is 80.2 cm³/mol. The zero-order valence-corrected chi connectivity index (χ0v) is 13.5. The zero-order chi connectivity index (χ0) is 16.1. The van der Waals surface area contributed by atoms with Crippen LogP contribution in [0.25, 0.3) is 11.1 Å². The highest BCUT2D eigenvalue weighted by Crippen LogP contribution is 2.24. The summed E-state index contributed by atoms with van der Waals surface area (Å²) in [4.78, 5) is 11.7. The maximum absolute atomic E-state index is 12.8. The van der Waals surface area contributed by atoms with Gasteiger partial charge < -0.3 is 9.15 Å². The van der Waals surface area contributed by atoms with Crippen LogP contribution in [0.3, 0.4) is 0 Å². The van der Waals surface area contributed by atoms with Crippen molar-refractivity contribution in [2.24, 2.45) is 7.05 Å². The third kappa shape index (κ3) is 2.47. The average molecular weight is 326 g/mol. The number of hydrogen-bond donors (Lipinski definition) is 0. The Balaban J connectivity index is 2.05. The maximum atomic E-state index is 12.8. The molecular formula is C14H18N2O5S. The molecule has 0 saturated carbocycles. The number of oxazole rings is 1. The Labute approximate surface area is 128 Å². The summed E-state index contributed by atoms with van der Waals surface area (Å²) in [5.74, 6) is -0.516. The maximum Gasteiger partial charge on any atom is 0.419 e. The molecule has 120 valence electrons. The zero-order valence-electron chi connectivity index (χ0n) is 12.6. The van der Waals surface area contributed by atoms with Crippen LogP contribution in [-0.2, 0) is 21.8 Å². The second-order valence-electron chi connectivity index (χ2n) is 5.64. The first-order valence-electron chi connectivity index (χ1n) is 7.04. The molecule has 0 radical (unpaired) electrons. The predicted octanol–water partition coefficient (Wildman–Crippen LogP) is 0.929. The molecule has 1 aliphatic heterocycles. The number of aromatic nitrogens is 1. The Morgan fingerprint density at radius 3 is 2.45 bits per heavy atom. The summed E-state index contributed by atoms with van der Waals surface area (Å²) in [6.45, 7) is 4.33. The van der Waals surface area contributed by atoms with Crippen molar-refractivity contribution in [3.63, 3.8) is 0 Å². The first-order valence-corrected chi connectivity index (χ1v) is 8.48. The number of morpholine rings is 1. The van der Waals surface area contributed by atoms with Crippen molar-refractivity contribution in [2.45, 2.75) is 31.0 Å². The molecule has 0 bridgehead atoms. The Kier molecular flexibility index (Phi) is 3.62. The van der Waals surface area contributed by atoms with Crippen molar-refractivity contribution in [3.05, 3.63) is 28.7 Å². The lowest BCUT2D eigenvalue weighted by molar-refractivity contribution is -0.0440. The molecule has 2 unspecified atom stereocenters. The Morgan fingerprint density at radius 1 is 1.18 bits per heavy atom. The molecule has 1 fully saturated rings. The molecule has 8 heteroatoms. The van der Waals surface area contributed by atoms with E-state index in [9.17, 15) is 13.2 Å². The number of hydrogen-bond acceptors (Lipinski definition) is 5. The van der Waals surface area contributed by atoms with E-state index in [1.807, 2.05) is 13.8 Å². The minimum atomic E-state index is -3.63. The molecule has 2 atom stereocenters. The fourth-order valence-corrected chi connectivity index (χ4v) is 4.35. The van der Waals surface area contributed by atoms with Crippen LogP contribution >= 0.6 is 0 Å². The highest BCUT2D eigenvalue weighted by molar-refractivity contribution is 7.89. The van der Waals surface area contributed by atoms with E-state index < -0.39 is 15.8 Å². The number of sulfonamides is 1. The molecule has 7 nitrogen and oxygen atoms in total.